The molecule has 0 aliphatic carbocycles. The lowest BCUT2D eigenvalue weighted by Crippen LogP contribution is -2.04. The third-order valence-electron chi connectivity index (χ3n) is 3.54. The number of aromatic carboxylic acids is 1. The van der Waals surface area contributed by atoms with Crippen molar-refractivity contribution in [2.45, 2.75) is 32.6 Å². The maximum Gasteiger partial charge on any atom is 0.347 e. The first-order chi connectivity index (χ1) is 10.1. The predicted molar refractivity (Wildman–Crippen MR) is 84.4 cm³/mol. The zero-order valence-electron chi connectivity index (χ0n) is 12.4. The summed E-state index contributed by atoms with van der Waals surface area (Å²) in [5.74, 6) is 0.0268. The van der Waals surface area contributed by atoms with Crippen LogP contribution in [0.4, 0.5) is 0 Å². The van der Waals surface area contributed by atoms with Gasteiger partial charge in [-0.1, -0.05) is 26.0 Å². The fraction of sp³-hybridized carbons (Fsp3) is 0.375. The van der Waals surface area contributed by atoms with Crippen LogP contribution in [0.3, 0.4) is 0 Å². The molecule has 0 unspecified atom stereocenters. The monoisotopic (exact) mass is 305 g/mol. The van der Waals surface area contributed by atoms with E-state index in [-0.39, 0.29) is 5.92 Å². The van der Waals surface area contributed by atoms with Crippen molar-refractivity contribution in [1.29, 1.82) is 0 Å². The molecular weight excluding hydrogens is 286 g/mol. The molecule has 1 aromatic heterocycles. The molecule has 0 radical (unpaired) electrons. The molecular formula is C16H19NO3S. The van der Waals surface area contributed by atoms with Gasteiger partial charge in [-0.3, -0.25) is 0 Å². The molecule has 0 spiro atoms. The van der Waals surface area contributed by atoms with Gasteiger partial charge in [0.1, 0.15) is 15.6 Å². The predicted octanol–water partition coefficient (Wildman–Crippen LogP) is 4.42. The van der Waals surface area contributed by atoms with Gasteiger partial charge in [-0.2, -0.15) is 0 Å². The van der Waals surface area contributed by atoms with Crippen LogP contribution in [-0.4, -0.2) is 23.2 Å². The van der Waals surface area contributed by atoms with Crippen molar-refractivity contribution >= 4 is 17.3 Å². The number of rotatable bonds is 6. The molecule has 4 nitrogen and oxygen atoms in total. The van der Waals surface area contributed by atoms with Crippen LogP contribution in [0.2, 0.25) is 0 Å². The first kappa shape index (κ1) is 15.5. The van der Waals surface area contributed by atoms with E-state index in [4.69, 9.17) is 4.74 Å². The summed E-state index contributed by atoms with van der Waals surface area (Å²) in [4.78, 5) is 16.4. The van der Waals surface area contributed by atoms with Crippen LogP contribution in [0, 0.1) is 0 Å². The minimum atomic E-state index is -0.899. The Morgan fingerprint density at radius 2 is 2.10 bits per heavy atom. The van der Waals surface area contributed by atoms with Gasteiger partial charge in [0.15, 0.2) is 0 Å². The van der Waals surface area contributed by atoms with Gasteiger partial charge < -0.3 is 9.84 Å². The van der Waals surface area contributed by atoms with E-state index < -0.39 is 5.97 Å². The highest BCUT2D eigenvalue weighted by Crippen LogP contribution is 2.35. The molecule has 0 fully saturated rings. The minimum absolute atomic E-state index is 0.187. The first-order valence-electron chi connectivity index (χ1n) is 6.99. The topological polar surface area (TPSA) is 59.4 Å². The number of carbonyl (C=O) groups is 1. The molecule has 0 atom stereocenters. The fourth-order valence-corrected chi connectivity index (χ4v) is 3.30. The number of aromatic nitrogens is 1. The van der Waals surface area contributed by atoms with Crippen molar-refractivity contribution in [2.24, 2.45) is 0 Å². The second-order valence-corrected chi connectivity index (χ2v) is 5.78. The summed E-state index contributed by atoms with van der Waals surface area (Å²) in [5.41, 5.74) is 1.59. The standard InChI is InChI=1S/C16H19NO3S/c1-4-10(5-2)13-14(16(18)19)21-15(17-13)11-7-6-8-12(9-11)20-3/h6-10H,4-5H2,1-3H3,(H,18,19). The first-order valence-corrected chi connectivity index (χ1v) is 7.80. The summed E-state index contributed by atoms with van der Waals surface area (Å²) in [6.07, 6.45) is 1.77. The molecule has 2 rings (SSSR count). The number of thiazole rings is 1. The van der Waals surface area contributed by atoms with Crippen molar-refractivity contribution in [3.63, 3.8) is 0 Å². The van der Waals surface area contributed by atoms with E-state index in [2.05, 4.69) is 18.8 Å². The van der Waals surface area contributed by atoms with E-state index in [0.717, 1.165) is 29.2 Å². The molecule has 1 heterocycles. The van der Waals surface area contributed by atoms with E-state index in [1.165, 1.54) is 11.3 Å². The van der Waals surface area contributed by atoms with Crippen molar-refractivity contribution in [3.8, 4) is 16.3 Å². The molecule has 0 saturated heterocycles. The van der Waals surface area contributed by atoms with Crippen molar-refractivity contribution in [1.82, 2.24) is 4.98 Å². The molecule has 2 aromatic rings. The lowest BCUT2D eigenvalue weighted by Gasteiger charge is -2.09. The highest BCUT2D eigenvalue weighted by atomic mass is 32.1. The number of ether oxygens (including phenoxy) is 1. The van der Waals surface area contributed by atoms with Crippen LogP contribution < -0.4 is 4.74 Å². The molecule has 0 saturated carbocycles. The van der Waals surface area contributed by atoms with Gasteiger partial charge in [0, 0.05) is 11.5 Å². The molecule has 112 valence electrons. The number of carboxylic acids is 1. The second kappa shape index (κ2) is 6.72. The van der Waals surface area contributed by atoms with Gasteiger partial charge in [-0.15, -0.1) is 11.3 Å². The normalized spacial score (nSPS) is 10.9. The molecule has 0 bridgehead atoms. The highest BCUT2D eigenvalue weighted by molar-refractivity contribution is 7.17. The van der Waals surface area contributed by atoms with Crippen molar-refractivity contribution in [3.05, 3.63) is 34.8 Å². The summed E-state index contributed by atoms with van der Waals surface area (Å²) in [6.45, 7) is 4.12. The molecule has 5 heteroatoms. The van der Waals surface area contributed by atoms with Gasteiger partial charge in [0.2, 0.25) is 0 Å². The van der Waals surface area contributed by atoms with E-state index in [1.54, 1.807) is 7.11 Å². The second-order valence-electron chi connectivity index (χ2n) is 4.78. The summed E-state index contributed by atoms with van der Waals surface area (Å²) >= 11 is 1.23. The summed E-state index contributed by atoms with van der Waals surface area (Å²) in [5, 5.41) is 10.1. The third kappa shape index (κ3) is 3.24. The molecule has 1 aromatic carbocycles. The summed E-state index contributed by atoms with van der Waals surface area (Å²) in [7, 11) is 1.61. The van der Waals surface area contributed by atoms with Crippen LogP contribution in [0.25, 0.3) is 10.6 Å². The Hall–Kier alpha value is -1.88. The van der Waals surface area contributed by atoms with E-state index in [1.807, 2.05) is 24.3 Å². The number of carboxylic acid groups (broad SMARTS) is 1. The van der Waals surface area contributed by atoms with E-state index >= 15 is 0 Å². The number of nitrogens with zero attached hydrogens (tertiary/aromatic N) is 1. The molecule has 1 N–H and O–H groups in total. The van der Waals surface area contributed by atoms with Gasteiger partial charge >= 0.3 is 5.97 Å². The number of hydrogen-bond acceptors (Lipinski definition) is 4. The largest absolute Gasteiger partial charge is 0.497 e. The van der Waals surface area contributed by atoms with Gasteiger partial charge in [0.05, 0.1) is 12.8 Å². The highest BCUT2D eigenvalue weighted by Gasteiger charge is 2.23. The van der Waals surface area contributed by atoms with Crippen LogP contribution in [0.1, 0.15) is 48.0 Å². The lowest BCUT2D eigenvalue weighted by atomic mass is 9.98. The average molecular weight is 305 g/mol. The average Bonchev–Trinajstić information content (AvgIpc) is 2.94. The zero-order valence-corrected chi connectivity index (χ0v) is 13.2. The molecule has 0 aliphatic heterocycles. The SMILES string of the molecule is CCC(CC)c1nc(-c2cccc(OC)c2)sc1C(=O)O. The molecule has 21 heavy (non-hydrogen) atoms. The van der Waals surface area contributed by atoms with Crippen LogP contribution >= 0.6 is 11.3 Å². The maximum atomic E-state index is 11.5. The quantitative estimate of drug-likeness (QED) is 0.858. The molecule has 0 amide bonds. The van der Waals surface area contributed by atoms with Crippen LogP contribution in [0.15, 0.2) is 24.3 Å². The lowest BCUT2D eigenvalue weighted by molar-refractivity contribution is 0.0700. The minimum Gasteiger partial charge on any atom is -0.497 e. The van der Waals surface area contributed by atoms with Crippen LogP contribution in [0.5, 0.6) is 5.75 Å². The third-order valence-corrected chi connectivity index (χ3v) is 4.64. The number of hydrogen-bond donors (Lipinski definition) is 1. The smallest absolute Gasteiger partial charge is 0.347 e. The molecule has 0 aliphatic rings. The van der Waals surface area contributed by atoms with Crippen LogP contribution in [-0.2, 0) is 0 Å². The Labute approximate surface area is 128 Å². The summed E-state index contributed by atoms with van der Waals surface area (Å²) in [6, 6.07) is 7.54. The van der Waals surface area contributed by atoms with E-state index in [0.29, 0.717) is 10.6 Å². The zero-order chi connectivity index (χ0) is 15.4. The Balaban J connectivity index is 2.50. The van der Waals surface area contributed by atoms with E-state index in [9.17, 15) is 9.90 Å². The van der Waals surface area contributed by atoms with Gasteiger partial charge in [0.25, 0.3) is 0 Å². The van der Waals surface area contributed by atoms with Gasteiger partial charge in [-0.25, -0.2) is 9.78 Å². The fourth-order valence-electron chi connectivity index (χ4n) is 2.32. The Kier molecular flexibility index (Phi) is 4.96. The van der Waals surface area contributed by atoms with Crippen molar-refractivity contribution < 1.29 is 14.6 Å². The number of benzene rings is 1. The van der Waals surface area contributed by atoms with Gasteiger partial charge in [-0.05, 0) is 25.0 Å². The Morgan fingerprint density at radius 3 is 2.67 bits per heavy atom. The summed E-state index contributed by atoms with van der Waals surface area (Å²) < 4.78 is 5.21. The maximum absolute atomic E-state index is 11.5. The van der Waals surface area contributed by atoms with Crippen molar-refractivity contribution in [2.75, 3.05) is 7.11 Å². The Bertz CT molecular complexity index is 632. The Morgan fingerprint density at radius 1 is 1.38 bits per heavy atom. The number of methoxy groups -OCH3 is 1.